The van der Waals surface area contributed by atoms with Crippen molar-refractivity contribution in [2.45, 2.75) is 24.7 Å². The Morgan fingerprint density at radius 3 is 2.34 bits per heavy atom. The van der Waals surface area contributed by atoms with E-state index >= 15 is 0 Å². The molecule has 0 bridgehead atoms. The van der Waals surface area contributed by atoms with Gasteiger partial charge in [0.2, 0.25) is 15.9 Å². The van der Waals surface area contributed by atoms with Gasteiger partial charge < -0.3 is 15.0 Å². The van der Waals surface area contributed by atoms with Crippen molar-refractivity contribution in [3.63, 3.8) is 0 Å². The van der Waals surface area contributed by atoms with Gasteiger partial charge in [-0.3, -0.25) is 4.79 Å². The lowest BCUT2D eigenvalue weighted by Crippen LogP contribution is -2.41. The van der Waals surface area contributed by atoms with Gasteiger partial charge >= 0.3 is 5.97 Å². The van der Waals surface area contributed by atoms with Crippen LogP contribution >= 0.6 is 0 Å². The summed E-state index contributed by atoms with van der Waals surface area (Å²) in [7, 11) is 1.26. The Labute approximate surface area is 189 Å². The average molecular weight is 460 g/mol. The number of nitrogens with one attached hydrogen (secondary N) is 1. The fourth-order valence-corrected chi connectivity index (χ4v) is 5.60. The van der Waals surface area contributed by atoms with Crippen LogP contribution in [0.4, 0.5) is 11.4 Å². The first kappa shape index (κ1) is 23.7. The molecule has 2 aromatic carbocycles. The van der Waals surface area contributed by atoms with Crippen LogP contribution in [0.15, 0.2) is 47.4 Å². The van der Waals surface area contributed by atoms with Crippen molar-refractivity contribution in [2.24, 2.45) is 5.92 Å². The van der Waals surface area contributed by atoms with Crippen molar-refractivity contribution in [2.75, 3.05) is 44.5 Å². The molecule has 1 amide bonds. The molecule has 0 spiro atoms. The van der Waals surface area contributed by atoms with Crippen molar-refractivity contribution in [1.82, 2.24) is 4.31 Å². The van der Waals surface area contributed by atoms with Gasteiger partial charge in [0.1, 0.15) is 0 Å². The zero-order valence-corrected chi connectivity index (χ0v) is 19.6. The standard InChI is InChI=1S/C23H29N3O5S/c1-16-15-18(9-10-20(16)25(2)3)24-22(27)17-11-13-26(14-12-17)32(29,30)21-8-6-5-7-19(21)23(28)31-4/h5-10,15,17H,11-14H2,1-4H3,(H,24,27). The van der Waals surface area contributed by atoms with E-state index in [1.165, 1.54) is 23.5 Å². The molecule has 1 fully saturated rings. The molecule has 1 heterocycles. The van der Waals surface area contributed by atoms with E-state index in [0.29, 0.717) is 12.8 Å². The maximum atomic E-state index is 13.1. The molecule has 32 heavy (non-hydrogen) atoms. The van der Waals surface area contributed by atoms with Crippen molar-refractivity contribution in [3.8, 4) is 0 Å². The van der Waals surface area contributed by atoms with Crippen LogP contribution in [-0.2, 0) is 19.6 Å². The molecule has 9 heteroatoms. The van der Waals surface area contributed by atoms with Gasteiger partial charge in [0.25, 0.3) is 0 Å². The normalized spacial score (nSPS) is 15.2. The first-order valence-electron chi connectivity index (χ1n) is 10.4. The highest BCUT2D eigenvalue weighted by atomic mass is 32.2. The van der Waals surface area contributed by atoms with Crippen molar-refractivity contribution in [1.29, 1.82) is 0 Å². The number of sulfonamides is 1. The Hall–Kier alpha value is -2.91. The number of carbonyl (C=O) groups excluding carboxylic acids is 2. The van der Waals surface area contributed by atoms with E-state index in [1.54, 1.807) is 12.1 Å². The van der Waals surface area contributed by atoms with E-state index < -0.39 is 16.0 Å². The summed E-state index contributed by atoms with van der Waals surface area (Å²) in [5.74, 6) is -1.10. The fourth-order valence-electron chi connectivity index (χ4n) is 3.95. The molecule has 0 aromatic heterocycles. The Balaban J connectivity index is 1.67. The summed E-state index contributed by atoms with van der Waals surface area (Å²) in [6.07, 6.45) is 0.806. The number of benzene rings is 2. The molecule has 3 rings (SSSR count). The van der Waals surface area contributed by atoms with E-state index in [9.17, 15) is 18.0 Å². The second kappa shape index (κ2) is 9.70. The summed E-state index contributed by atoms with van der Waals surface area (Å²) in [6, 6.07) is 11.7. The maximum absolute atomic E-state index is 13.1. The quantitative estimate of drug-likeness (QED) is 0.668. The zero-order chi connectivity index (χ0) is 23.5. The van der Waals surface area contributed by atoms with Crippen molar-refractivity contribution < 1.29 is 22.7 Å². The van der Waals surface area contributed by atoms with Gasteiger partial charge in [0.15, 0.2) is 0 Å². The highest BCUT2D eigenvalue weighted by Crippen LogP contribution is 2.28. The van der Waals surface area contributed by atoms with Crippen molar-refractivity contribution in [3.05, 3.63) is 53.6 Å². The largest absolute Gasteiger partial charge is 0.465 e. The minimum atomic E-state index is -3.88. The van der Waals surface area contributed by atoms with Gasteiger partial charge in [-0.2, -0.15) is 4.31 Å². The minimum absolute atomic E-state index is 0.00593. The predicted molar refractivity (Wildman–Crippen MR) is 123 cm³/mol. The molecule has 0 radical (unpaired) electrons. The number of carbonyl (C=O) groups is 2. The number of piperidine rings is 1. The van der Waals surface area contributed by atoms with Crippen LogP contribution in [0.1, 0.15) is 28.8 Å². The lowest BCUT2D eigenvalue weighted by molar-refractivity contribution is -0.120. The molecule has 1 aliphatic rings. The van der Waals surface area contributed by atoms with E-state index in [2.05, 4.69) is 5.32 Å². The zero-order valence-electron chi connectivity index (χ0n) is 18.8. The topological polar surface area (TPSA) is 96.0 Å². The Morgan fingerprint density at radius 2 is 1.75 bits per heavy atom. The third-order valence-corrected chi connectivity index (χ3v) is 7.64. The summed E-state index contributed by atoms with van der Waals surface area (Å²) in [4.78, 5) is 26.7. The summed E-state index contributed by atoms with van der Waals surface area (Å²) in [5.41, 5.74) is 2.86. The summed E-state index contributed by atoms with van der Waals surface area (Å²) in [5, 5.41) is 2.95. The molecular weight excluding hydrogens is 430 g/mol. The molecule has 8 nitrogen and oxygen atoms in total. The number of hydrogen-bond donors (Lipinski definition) is 1. The number of aryl methyl sites for hydroxylation is 1. The lowest BCUT2D eigenvalue weighted by atomic mass is 9.97. The molecule has 0 aliphatic carbocycles. The van der Waals surface area contributed by atoms with Crippen LogP contribution in [0.5, 0.6) is 0 Å². The number of rotatable bonds is 6. The van der Waals surface area contributed by atoms with Gasteiger partial charge in [-0.25, -0.2) is 13.2 Å². The third kappa shape index (κ3) is 4.94. The number of amides is 1. The molecular formula is C23H29N3O5S. The van der Waals surface area contributed by atoms with Crippen molar-refractivity contribution >= 4 is 33.3 Å². The highest BCUT2D eigenvalue weighted by molar-refractivity contribution is 7.89. The van der Waals surface area contributed by atoms with Gasteiger partial charge in [-0.1, -0.05) is 12.1 Å². The van der Waals surface area contributed by atoms with Gasteiger partial charge in [0, 0.05) is 44.5 Å². The van der Waals surface area contributed by atoms with Crippen LogP contribution in [0, 0.1) is 12.8 Å². The Bertz CT molecular complexity index is 1110. The van der Waals surface area contributed by atoms with Crippen LogP contribution in [0.25, 0.3) is 0 Å². The predicted octanol–water partition coefficient (Wildman–Crippen LogP) is 2.89. The van der Waals surface area contributed by atoms with Crippen LogP contribution in [0.2, 0.25) is 0 Å². The van der Waals surface area contributed by atoms with Gasteiger partial charge in [-0.05, 0) is 55.7 Å². The van der Waals surface area contributed by atoms with Gasteiger partial charge in [0.05, 0.1) is 17.6 Å². The van der Waals surface area contributed by atoms with E-state index in [0.717, 1.165) is 16.9 Å². The molecule has 0 atom stereocenters. The average Bonchev–Trinajstić information content (AvgIpc) is 2.78. The number of methoxy groups -OCH3 is 1. The summed E-state index contributed by atoms with van der Waals surface area (Å²) < 4.78 is 32.3. The van der Waals surface area contributed by atoms with Gasteiger partial charge in [-0.15, -0.1) is 0 Å². The lowest BCUT2D eigenvalue weighted by Gasteiger charge is -2.31. The Morgan fingerprint density at radius 1 is 1.09 bits per heavy atom. The molecule has 0 saturated carbocycles. The molecule has 1 aliphatic heterocycles. The molecule has 0 unspecified atom stereocenters. The SMILES string of the molecule is COC(=O)c1ccccc1S(=O)(=O)N1CCC(C(=O)Nc2ccc(N(C)C)c(C)c2)CC1. The second-order valence-electron chi connectivity index (χ2n) is 8.05. The highest BCUT2D eigenvalue weighted by Gasteiger charge is 2.34. The number of hydrogen-bond acceptors (Lipinski definition) is 6. The van der Waals surface area contributed by atoms with Crippen LogP contribution in [0.3, 0.4) is 0 Å². The summed E-state index contributed by atoms with van der Waals surface area (Å²) in [6.45, 7) is 2.39. The van der Waals surface area contributed by atoms with E-state index in [4.69, 9.17) is 4.74 Å². The minimum Gasteiger partial charge on any atom is -0.465 e. The molecule has 1 N–H and O–H groups in total. The first-order valence-corrected chi connectivity index (χ1v) is 11.9. The fraction of sp³-hybridized carbons (Fsp3) is 0.391. The summed E-state index contributed by atoms with van der Waals surface area (Å²) >= 11 is 0. The van der Waals surface area contributed by atoms with Crippen LogP contribution in [-0.4, -0.2) is 58.9 Å². The Kier molecular flexibility index (Phi) is 7.20. The van der Waals surface area contributed by atoms with E-state index in [1.807, 2.05) is 44.1 Å². The second-order valence-corrected chi connectivity index (χ2v) is 9.96. The number of esters is 1. The number of nitrogens with zero attached hydrogens (tertiary/aromatic N) is 2. The molecule has 172 valence electrons. The van der Waals surface area contributed by atoms with Crippen LogP contribution < -0.4 is 10.2 Å². The molecule has 2 aromatic rings. The smallest absolute Gasteiger partial charge is 0.339 e. The monoisotopic (exact) mass is 459 g/mol. The van der Waals surface area contributed by atoms with E-state index in [-0.39, 0.29) is 35.4 Å². The number of anilines is 2. The number of ether oxygens (including phenoxy) is 1. The third-order valence-electron chi connectivity index (χ3n) is 5.68. The maximum Gasteiger partial charge on any atom is 0.339 e. The molecule has 1 saturated heterocycles. The first-order chi connectivity index (χ1) is 15.1.